The highest BCUT2D eigenvalue weighted by molar-refractivity contribution is 5.86. The molecular weight excluding hydrogens is 384 g/mol. The molecule has 0 fully saturated rings. The second-order valence-corrected chi connectivity index (χ2v) is 7.75. The molecule has 1 N–H and O–H groups in total. The van der Waals surface area contributed by atoms with Crippen LogP contribution in [-0.2, 0) is 32.8 Å². The zero-order valence-electron chi connectivity index (χ0n) is 17.9. The third-order valence-electron chi connectivity index (χ3n) is 5.49. The Kier molecular flexibility index (Phi) is 6.62. The van der Waals surface area contributed by atoms with Gasteiger partial charge in [-0.3, -0.25) is 14.4 Å². The van der Waals surface area contributed by atoms with Gasteiger partial charge >= 0.3 is 0 Å². The Balaban J connectivity index is 1.55. The second-order valence-electron chi connectivity index (χ2n) is 7.75. The number of carbonyl (C=O) groups excluding carboxylic acids is 2. The summed E-state index contributed by atoms with van der Waals surface area (Å²) >= 11 is 0. The van der Waals surface area contributed by atoms with Gasteiger partial charge in [-0.25, -0.2) is 5.48 Å². The minimum absolute atomic E-state index is 0.187. The molecule has 0 bridgehead atoms. The number of nitrogens with one attached hydrogen (secondary N) is 1. The number of amides is 2. The lowest BCUT2D eigenvalue weighted by molar-refractivity contribution is -0.147. The number of hydrogen-bond acceptors (Lipinski definition) is 5. The summed E-state index contributed by atoms with van der Waals surface area (Å²) in [5.41, 5.74) is 4.67. The lowest BCUT2D eigenvalue weighted by Crippen LogP contribution is -2.43. The van der Waals surface area contributed by atoms with Crippen molar-refractivity contribution in [3.8, 4) is 11.5 Å². The van der Waals surface area contributed by atoms with E-state index in [2.05, 4.69) is 5.48 Å². The van der Waals surface area contributed by atoms with Gasteiger partial charge in [0.1, 0.15) is 0 Å². The molecule has 0 aromatic heterocycles. The van der Waals surface area contributed by atoms with Crippen molar-refractivity contribution >= 4 is 11.8 Å². The molecule has 0 radical (unpaired) electrons. The molecule has 3 rings (SSSR count). The molecule has 2 aromatic carbocycles. The monoisotopic (exact) mass is 412 g/mol. The Labute approximate surface area is 176 Å². The van der Waals surface area contributed by atoms with E-state index in [1.165, 1.54) is 0 Å². The van der Waals surface area contributed by atoms with Crippen LogP contribution in [0, 0.1) is 0 Å². The lowest BCUT2D eigenvalue weighted by Gasteiger charge is -2.30. The van der Waals surface area contributed by atoms with E-state index in [4.69, 9.17) is 14.3 Å². The van der Waals surface area contributed by atoms with E-state index < -0.39 is 5.41 Å². The predicted molar refractivity (Wildman–Crippen MR) is 112 cm³/mol. The van der Waals surface area contributed by atoms with Crippen LogP contribution in [0.3, 0.4) is 0 Å². The zero-order chi connectivity index (χ0) is 21.7. The van der Waals surface area contributed by atoms with Crippen LogP contribution >= 0.6 is 0 Å². The summed E-state index contributed by atoms with van der Waals surface area (Å²) in [5.74, 6) is 0.830. The van der Waals surface area contributed by atoms with Crippen molar-refractivity contribution in [1.29, 1.82) is 0 Å². The number of hydroxylamine groups is 1. The van der Waals surface area contributed by atoms with E-state index in [1.54, 1.807) is 19.1 Å². The summed E-state index contributed by atoms with van der Waals surface area (Å²) < 4.78 is 10.7. The van der Waals surface area contributed by atoms with E-state index in [1.807, 2.05) is 56.3 Å². The number of nitrogens with zero attached hydrogens (tertiary/aromatic N) is 1. The normalized spacial score (nSPS) is 13.4. The molecule has 7 heteroatoms. The maximum absolute atomic E-state index is 12.6. The van der Waals surface area contributed by atoms with Gasteiger partial charge in [-0.2, -0.15) is 0 Å². The van der Waals surface area contributed by atoms with Gasteiger partial charge < -0.3 is 14.4 Å². The first-order chi connectivity index (χ1) is 14.4. The SMILES string of the molecule is COc1cc2c(cc1OC)CN(C(=O)CONC(=O)C(C)(C)c1ccccc1)CC2. The Hall–Kier alpha value is -3.06. The van der Waals surface area contributed by atoms with Crippen LogP contribution < -0.4 is 15.0 Å². The number of rotatable bonds is 7. The standard InChI is InChI=1S/C23H28N2O5/c1-23(2,18-8-6-5-7-9-18)22(27)24-30-15-21(26)25-11-10-16-12-19(28-3)20(29-4)13-17(16)14-25/h5-9,12-13H,10-11,14-15H2,1-4H3,(H,24,27). The molecule has 1 aliphatic heterocycles. The quantitative estimate of drug-likeness (QED) is 0.708. The van der Waals surface area contributed by atoms with E-state index >= 15 is 0 Å². The third kappa shape index (κ3) is 4.57. The largest absolute Gasteiger partial charge is 0.493 e. The van der Waals surface area contributed by atoms with Crippen molar-refractivity contribution in [2.24, 2.45) is 0 Å². The zero-order valence-corrected chi connectivity index (χ0v) is 17.9. The third-order valence-corrected chi connectivity index (χ3v) is 5.49. The fraction of sp³-hybridized carbons (Fsp3) is 0.391. The molecule has 1 aliphatic rings. The van der Waals surface area contributed by atoms with Crippen LogP contribution in [0.5, 0.6) is 11.5 Å². The molecule has 30 heavy (non-hydrogen) atoms. The molecule has 1 heterocycles. The van der Waals surface area contributed by atoms with Crippen LogP contribution in [-0.4, -0.2) is 44.1 Å². The highest BCUT2D eigenvalue weighted by atomic mass is 16.7. The van der Waals surface area contributed by atoms with E-state index in [0.717, 1.165) is 23.1 Å². The average Bonchev–Trinajstić information content (AvgIpc) is 2.77. The topological polar surface area (TPSA) is 77.1 Å². The minimum Gasteiger partial charge on any atom is -0.493 e. The summed E-state index contributed by atoms with van der Waals surface area (Å²) in [6.45, 7) is 4.44. The Morgan fingerprint density at radius 1 is 1.03 bits per heavy atom. The molecule has 0 saturated heterocycles. The number of ether oxygens (including phenoxy) is 2. The van der Waals surface area contributed by atoms with Crippen molar-refractivity contribution in [1.82, 2.24) is 10.4 Å². The number of benzene rings is 2. The molecule has 0 spiro atoms. The van der Waals surface area contributed by atoms with Gasteiger partial charge in [0.05, 0.1) is 19.6 Å². The Bertz CT molecular complexity index is 911. The van der Waals surface area contributed by atoms with Gasteiger partial charge in [-0.1, -0.05) is 30.3 Å². The highest BCUT2D eigenvalue weighted by Gasteiger charge is 2.30. The summed E-state index contributed by atoms with van der Waals surface area (Å²) in [5, 5.41) is 0. The molecule has 2 aromatic rings. The Morgan fingerprint density at radius 3 is 2.30 bits per heavy atom. The summed E-state index contributed by atoms with van der Waals surface area (Å²) in [6, 6.07) is 13.3. The second kappa shape index (κ2) is 9.17. The maximum Gasteiger partial charge on any atom is 0.253 e. The van der Waals surface area contributed by atoms with Crippen LogP contribution in [0.15, 0.2) is 42.5 Å². The van der Waals surface area contributed by atoms with Crippen molar-refractivity contribution < 1.29 is 23.9 Å². The van der Waals surface area contributed by atoms with Crippen LogP contribution in [0.1, 0.15) is 30.5 Å². The molecule has 7 nitrogen and oxygen atoms in total. The van der Waals surface area contributed by atoms with Crippen molar-refractivity contribution in [3.05, 3.63) is 59.2 Å². The van der Waals surface area contributed by atoms with Gasteiger partial charge in [-0.15, -0.1) is 0 Å². The number of carbonyl (C=O) groups is 2. The molecule has 0 saturated carbocycles. The first-order valence-electron chi connectivity index (χ1n) is 9.86. The fourth-order valence-corrected chi connectivity index (χ4v) is 3.46. The van der Waals surface area contributed by atoms with E-state index in [0.29, 0.717) is 24.6 Å². The highest BCUT2D eigenvalue weighted by Crippen LogP contribution is 2.33. The molecule has 0 unspecified atom stereocenters. The minimum atomic E-state index is -0.774. The average molecular weight is 412 g/mol. The van der Waals surface area contributed by atoms with Crippen molar-refractivity contribution in [3.63, 3.8) is 0 Å². The van der Waals surface area contributed by atoms with Crippen molar-refractivity contribution in [2.75, 3.05) is 27.4 Å². The molecule has 0 atom stereocenters. The predicted octanol–water partition coefficient (Wildman–Crippen LogP) is 2.61. The molecule has 2 amide bonds. The summed E-state index contributed by atoms with van der Waals surface area (Å²) in [7, 11) is 3.19. The van der Waals surface area contributed by atoms with Gasteiger partial charge in [0.2, 0.25) is 0 Å². The molecule has 160 valence electrons. The maximum atomic E-state index is 12.6. The first-order valence-corrected chi connectivity index (χ1v) is 9.86. The van der Waals surface area contributed by atoms with Gasteiger partial charge in [0.15, 0.2) is 18.1 Å². The lowest BCUT2D eigenvalue weighted by atomic mass is 9.84. The first kappa shape index (κ1) is 21.6. The summed E-state index contributed by atoms with van der Waals surface area (Å²) in [4.78, 5) is 32.1. The van der Waals surface area contributed by atoms with Gasteiger partial charge in [0.25, 0.3) is 11.8 Å². The van der Waals surface area contributed by atoms with E-state index in [-0.39, 0.29) is 18.4 Å². The van der Waals surface area contributed by atoms with Crippen LogP contribution in [0.25, 0.3) is 0 Å². The van der Waals surface area contributed by atoms with Crippen LogP contribution in [0.2, 0.25) is 0 Å². The summed E-state index contributed by atoms with van der Waals surface area (Å²) in [6.07, 6.45) is 0.717. The molecule has 0 aliphatic carbocycles. The van der Waals surface area contributed by atoms with Gasteiger partial charge in [0, 0.05) is 13.1 Å². The van der Waals surface area contributed by atoms with E-state index in [9.17, 15) is 9.59 Å². The smallest absolute Gasteiger partial charge is 0.253 e. The van der Waals surface area contributed by atoms with Crippen LogP contribution in [0.4, 0.5) is 0 Å². The number of hydrogen-bond donors (Lipinski definition) is 1. The molecular formula is C23H28N2O5. The Morgan fingerprint density at radius 2 is 1.67 bits per heavy atom. The fourth-order valence-electron chi connectivity index (χ4n) is 3.46. The number of fused-ring (bicyclic) bond motifs is 1. The van der Waals surface area contributed by atoms with Gasteiger partial charge in [-0.05, 0) is 49.1 Å². The number of methoxy groups -OCH3 is 2. The van der Waals surface area contributed by atoms with Crippen molar-refractivity contribution in [2.45, 2.75) is 32.2 Å².